The number of ketones is 1. The molecule has 2 heterocycles. The maximum Gasteiger partial charge on any atom is 0.309 e. The summed E-state index contributed by atoms with van der Waals surface area (Å²) in [5.74, 6) is -0.812. The minimum Gasteiger partial charge on any atom is -0.507 e. The van der Waals surface area contributed by atoms with E-state index in [4.69, 9.17) is 14.2 Å². The molecule has 1 unspecified atom stereocenters. The Morgan fingerprint density at radius 1 is 1.03 bits per heavy atom. The lowest BCUT2D eigenvalue weighted by atomic mass is 9.94. The van der Waals surface area contributed by atoms with Crippen LogP contribution in [0, 0.1) is 0 Å². The minimum absolute atomic E-state index is 0.00679. The van der Waals surface area contributed by atoms with Crippen LogP contribution in [0.3, 0.4) is 0 Å². The molecule has 0 aromatic heterocycles. The fourth-order valence-electron chi connectivity index (χ4n) is 4.70. The van der Waals surface area contributed by atoms with E-state index in [9.17, 15) is 19.5 Å². The second-order valence-electron chi connectivity index (χ2n) is 8.78. The second kappa shape index (κ2) is 9.81. The van der Waals surface area contributed by atoms with Gasteiger partial charge in [-0.3, -0.25) is 19.3 Å². The van der Waals surface area contributed by atoms with E-state index in [1.165, 1.54) is 12.0 Å². The Balaban J connectivity index is 1.62. The summed E-state index contributed by atoms with van der Waals surface area (Å²) in [6.07, 6.45) is 0.782. The number of carbonyl (C=O) groups excluding carboxylic acids is 3. The Hall–Kier alpha value is -4.59. The van der Waals surface area contributed by atoms with Crippen molar-refractivity contribution in [2.45, 2.75) is 18.9 Å². The highest BCUT2D eigenvalue weighted by Gasteiger charge is 2.47. The van der Waals surface area contributed by atoms with Crippen molar-refractivity contribution in [1.29, 1.82) is 0 Å². The Kier molecular flexibility index (Phi) is 6.40. The first-order chi connectivity index (χ1) is 17.9. The first-order valence-electron chi connectivity index (χ1n) is 11.8. The Morgan fingerprint density at radius 3 is 2.43 bits per heavy atom. The number of ether oxygens (including phenoxy) is 3. The smallest absolute Gasteiger partial charge is 0.309 e. The topological polar surface area (TPSA) is 102 Å². The molecule has 0 saturated carbocycles. The molecule has 0 aliphatic carbocycles. The molecule has 2 aliphatic rings. The molecule has 0 bridgehead atoms. The van der Waals surface area contributed by atoms with Crippen molar-refractivity contribution in [3.63, 3.8) is 0 Å². The number of carbonyl (C=O) groups is 3. The number of benzene rings is 3. The van der Waals surface area contributed by atoms with E-state index < -0.39 is 17.7 Å². The number of rotatable bonds is 6. The number of aliphatic hydroxyl groups excluding tert-OH is 1. The molecule has 1 N–H and O–H groups in total. The molecular formula is C29H25NO7. The van der Waals surface area contributed by atoms with Gasteiger partial charge in [-0.25, -0.2) is 0 Å². The summed E-state index contributed by atoms with van der Waals surface area (Å²) in [7, 11) is 2.87. The third-order valence-electron chi connectivity index (χ3n) is 6.63. The van der Waals surface area contributed by atoms with Crippen molar-refractivity contribution in [1.82, 2.24) is 0 Å². The average Bonchev–Trinajstić information content (AvgIpc) is 3.50. The van der Waals surface area contributed by atoms with Crippen LogP contribution in [-0.4, -0.2) is 43.6 Å². The fraction of sp³-hybridized carbons (Fsp3) is 0.207. The zero-order valence-corrected chi connectivity index (χ0v) is 20.4. The summed E-state index contributed by atoms with van der Waals surface area (Å²) in [6, 6.07) is 18.1. The van der Waals surface area contributed by atoms with Crippen molar-refractivity contribution in [2.24, 2.45) is 0 Å². The SMILES string of the molecule is COC(=O)Cc1ccc(N2C(=O)C(=O)/C(=C(\O)c3ccc4c(c3)CCO4)C2c2ccc(OC)cc2)cc1. The predicted octanol–water partition coefficient (Wildman–Crippen LogP) is 3.97. The van der Waals surface area contributed by atoms with E-state index in [0.29, 0.717) is 41.2 Å². The van der Waals surface area contributed by atoms with Gasteiger partial charge in [0.25, 0.3) is 11.7 Å². The van der Waals surface area contributed by atoms with Crippen LogP contribution in [-0.2, 0) is 32.0 Å². The number of fused-ring (bicyclic) bond motifs is 1. The molecule has 0 radical (unpaired) electrons. The molecule has 8 nitrogen and oxygen atoms in total. The summed E-state index contributed by atoms with van der Waals surface area (Å²) >= 11 is 0. The number of hydrogen-bond acceptors (Lipinski definition) is 7. The number of anilines is 1. The zero-order chi connectivity index (χ0) is 26.1. The van der Waals surface area contributed by atoms with Crippen molar-refractivity contribution >= 4 is 29.1 Å². The molecule has 188 valence electrons. The van der Waals surface area contributed by atoms with E-state index >= 15 is 0 Å². The van der Waals surface area contributed by atoms with Gasteiger partial charge in [0.05, 0.1) is 38.9 Å². The van der Waals surface area contributed by atoms with Crippen LogP contribution in [0.25, 0.3) is 5.76 Å². The molecule has 1 fully saturated rings. The molecule has 3 aromatic rings. The van der Waals surface area contributed by atoms with Crippen LogP contribution >= 0.6 is 0 Å². The molecule has 1 amide bonds. The second-order valence-corrected chi connectivity index (χ2v) is 8.78. The van der Waals surface area contributed by atoms with Gasteiger partial charge >= 0.3 is 5.97 Å². The first-order valence-corrected chi connectivity index (χ1v) is 11.8. The van der Waals surface area contributed by atoms with Crippen molar-refractivity contribution in [3.8, 4) is 11.5 Å². The van der Waals surface area contributed by atoms with Gasteiger partial charge in [0.15, 0.2) is 0 Å². The number of hydrogen-bond donors (Lipinski definition) is 1. The molecule has 2 aliphatic heterocycles. The maximum atomic E-state index is 13.4. The Morgan fingerprint density at radius 2 is 1.76 bits per heavy atom. The van der Waals surface area contributed by atoms with Crippen LogP contribution in [0.1, 0.15) is 28.3 Å². The summed E-state index contributed by atoms with van der Waals surface area (Å²) in [6.45, 7) is 0.557. The molecule has 1 saturated heterocycles. The lowest BCUT2D eigenvalue weighted by molar-refractivity contribution is -0.139. The number of nitrogens with zero attached hydrogens (tertiary/aromatic N) is 1. The number of amides is 1. The van der Waals surface area contributed by atoms with Crippen LogP contribution < -0.4 is 14.4 Å². The molecule has 37 heavy (non-hydrogen) atoms. The minimum atomic E-state index is -0.873. The molecule has 0 spiro atoms. The van der Waals surface area contributed by atoms with Gasteiger partial charge in [0.2, 0.25) is 0 Å². The van der Waals surface area contributed by atoms with Gasteiger partial charge in [-0.05, 0) is 59.2 Å². The fourth-order valence-corrected chi connectivity index (χ4v) is 4.70. The Bertz CT molecular complexity index is 1410. The average molecular weight is 500 g/mol. The lowest BCUT2D eigenvalue weighted by Crippen LogP contribution is -2.29. The zero-order valence-electron chi connectivity index (χ0n) is 20.4. The highest BCUT2D eigenvalue weighted by atomic mass is 16.5. The Labute approximate surface area is 213 Å². The molecule has 8 heteroatoms. The van der Waals surface area contributed by atoms with Crippen LogP contribution in [0.5, 0.6) is 11.5 Å². The van der Waals surface area contributed by atoms with E-state index in [0.717, 1.165) is 11.3 Å². The summed E-state index contributed by atoms with van der Waals surface area (Å²) in [5, 5.41) is 11.4. The number of methoxy groups -OCH3 is 2. The third kappa shape index (κ3) is 4.42. The standard InChI is InChI=1S/C29H25NO7/c1-35-22-10-5-18(6-11-22)26-25(27(32)20-7-12-23-19(16-20)13-14-37-23)28(33)29(34)30(26)21-8-3-17(4-9-21)15-24(31)36-2/h3-12,16,26,32H,13-15H2,1-2H3/b27-25-. The largest absolute Gasteiger partial charge is 0.507 e. The van der Waals surface area contributed by atoms with Gasteiger partial charge in [-0.1, -0.05) is 24.3 Å². The van der Waals surface area contributed by atoms with E-state index in [2.05, 4.69) is 0 Å². The molecule has 3 aromatic carbocycles. The van der Waals surface area contributed by atoms with E-state index in [-0.39, 0.29) is 23.7 Å². The normalized spacial score (nSPS) is 17.9. The summed E-state index contributed by atoms with van der Waals surface area (Å²) in [4.78, 5) is 39.8. The summed E-state index contributed by atoms with van der Waals surface area (Å²) in [5.41, 5.74) is 3.15. The van der Waals surface area contributed by atoms with Gasteiger partial charge in [0.1, 0.15) is 17.3 Å². The predicted molar refractivity (Wildman–Crippen MR) is 136 cm³/mol. The first kappa shape index (κ1) is 24.1. The van der Waals surface area contributed by atoms with Crippen LogP contribution in [0.15, 0.2) is 72.3 Å². The lowest BCUT2D eigenvalue weighted by Gasteiger charge is -2.25. The number of Topliss-reactive ketones (excluding diaryl/α,β-unsaturated/α-hetero) is 1. The van der Waals surface area contributed by atoms with Crippen LogP contribution in [0.2, 0.25) is 0 Å². The van der Waals surface area contributed by atoms with Gasteiger partial charge in [-0.2, -0.15) is 0 Å². The maximum absolute atomic E-state index is 13.4. The monoisotopic (exact) mass is 499 g/mol. The summed E-state index contributed by atoms with van der Waals surface area (Å²) < 4.78 is 15.5. The molecule has 5 rings (SSSR count). The van der Waals surface area contributed by atoms with Crippen LogP contribution in [0.4, 0.5) is 5.69 Å². The van der Waals surface area contributed by atoms with Crippen molar-refractivity contribution < 1.29 is 33.7 Å². The van der Waals surface area contributed by atoms with E-state index in [1.54, 1.807) is 73.8 Å². The number of esters is 1. The highest BCUT2D eigenvalue weighted by molar-refractivity contribution is 6.51. The van der Waals surface area contributed by atoms with Gasteiger partial charge in [-0.15, -0.1) is 0 Å². The number of aliphatic hydroxyl groups is 1. The third-order valence-corrected chi connectivity index (χ3v) is 6.63. The van der Waals surface area contributed by atoms with Crippen molar-refractivity contribution in [3.05, 3.63) is 94.6 Å². The van der Waals surface area contributed by atoms with Gasteiger partial charge < -0.3 is 19.3 Å². The van der Waals surface area contributed by atoms with E-state index in [1.807, 2.05) is 0 Å². The van der Waals surface area contributed by atoms with Gasteiger partial charge in [0, 0.05) is 17.7 Å². The van der Waals surface area contributed by atoms with Crippen molar-refractivity contribution in [2.75, 3.05) is 25.7 Å². The molecular weight excluding hydrogens is 474 g/mol. The quantitative estimate of drug-likeness (QED) is 0.237. The molecule has 1 atom stereocenters. The highest BCUT2D eigenvalue weighted by Crippen LogP contribution is 2.43.